The Morgan fingerprint density at radius 3 is 2.17 bits per heavy atom. The number of aryl methyl sites for hydroxylation is 2. The van der Waals surface area contributed by atoms with Crippen LogP contribution in [0.25, 0.3) is 0 Å². The van der Waals surface area contributed by atoms with Gasteiger partial charge in [-0.1, -0.05) is 36.4 Å². The molecule has 2 aromatic carbocycles. The van der Waals surface area contributed by atoms with E-state index in [0.29, 0.717) is 6.54 Å². The minimum absolute atomic E-state index is 0.0436. The van der Waals surface area contributed by atoms with Crippen LogP contribution in [0.4, 0.5) is 11.4 Å². The molecule has 1 heterocycles. The van der Waals surface area contributed by atoms with Crippen molar-refractivity contribution < 1.29 is 4.79 Å². The lowest BCUT2D eigenvalue weighted by atomic mass is 10.0. The first-order valence-corrected chi connectivity index (χ1v) is 9.05. The third-order valence-electron chi connectivity index (χ3n) is 4.43. The highest BCUT2D eigenvalue weighted by Crippen LogP contribution is 2.35. The van der Waals surface area contributed by atoms with Gasteiger partial charge in [-0.05, 0) is 49.1 Å². The molecule has 0 saturated carbocycles. The number of hydrogen-bond acceptors (Lipinski definition) is 3. The minimum Gasteiger partial charge on any atom is -0.341 e. The van der Waals surface area contributed by atoms with E-state index in [2.05, 4.69) is 58.7 Å². The molecule has 0 aliphatic carbocycles. The lowest BCUT2D eigenvalue weighted by molar-refractivity contribution is -0.115. The molecule has 0 radical (unpaired) electrons. The third-order valence-corrected chi connectivity index (χ3v) is 4.73. The maximum absolute atomic E-state index is 11.2. The summed E-state index contributed by atoms with van der Waals surface area (Å²) in [6, 6.07) is 17.3. The van der Waals surface area contributed by atoms with E-state index in [9.17, 15) is 4.79 Å². The standard InChI is InChI=1S/C20H23ClN2O/c21-14-18(24)15-22-12-5-13-23-19-8-3-1-6-16(19)10-11-17-7-2-4-9-20(17)23/h1-4,6-9,22H,5,10-15H2. The molecule has 0 saturated heterocycles. The molecule has 0 unspecified atom stereocenters. The molecule has 126 valence electrons. The lowest BCUT2D eigenvalue weighted by Crippen LogP contribution is -2.28. The van der Waals surface area contributed by atoms with Crippen molar-refractivity contribution in [3.8, 4) is 0 Å². The Hall–Kier alpha value is -1.84. The van der Waals surface area contributed by atoms with Crippen molar-refractivity contribution in [2.24, 2.45) is 0 Å². The van der Waals surface area contributed by atoms with Crippen molar-refractivity contribution in [3.63, 3.8) is 0 Å². The smallest absolute Gasteiger partial charge is 0.161 e. The Labute approximate surface area is 148 Å². The van der Waals surface area contributed by atoms with Crippen LogP contribution in [0.3, 0.4) is 0 Å². The summed E-state index contributed by atoms with van der Waals surface area (Å²) < 4.78 is 0. The minimum atomic E-state index is 0.0436. The molecule has 0 bridgehead atoms. The molecular weight excluding hydrogens is 320 g/mol. The first-order valence-electron chi connectivity index (χ1n) is 8.51. The molecule has 3 nitrogen and oxygen atoms in total. The number of para-hydroxylation sites is 2. The summed E-state index contributed by atoms with van der Waals surface area (Å²) in [4.78, 5) is 13.7. The Morgan fingerprint density at radius 1 is 1.00 bits per heavy atom. The fourth-order valence-electron chi connectivity index (χ4n) is 3.25. The number of alkyl halides is 1. The first-order chi connectivity index (χ1) is 11.8. The number of nitrogens with one attached hydrogen (secondary N) is 1. The number of carbonyl (C=O) groups is 1. The summed E-state index contributed by atoms with van der Waals surface area (Å²) in [7, 11) is 0. The molecule has 3 rings (SSSR count). The largest absolute Gasteiger partial charge is 0.341 e. The number of ketones is 1. The van der Waals surface area contributed by atoms with Gasteiger partial charge in [-0.15, -0.1) is 11.6 Å². The van der Waals surface area contributed by atoms with Gasteiger partial charge in [0.25, 0.3) is 0 Å². The molecule has 1 aliphatic heterocycles. The average Bonchev–Trinajstić information content (AvgIpc) is 2.78. The molecule has 1 N–H and O–H groups in total. The molecule has 0 atom stereocenters. The summed E-state index contributed by atoms with van der Waals surface area (Å²) in [5, 5.41) is 3.18. The fourth-order valence-corrected chi connectivity index (χ4v) is 3.34. The lowest BCUT2D eigenvalue weighted by Gasteiger charge is -2.27. The maximum atomic E-state index is 11.2. The summed E-state index contributed by atoms with van der Waals surface area (Å²) in [6.45, 7) is 2.09. The molecule has 0 fully saturated rings. The number of Topliss-reactive ketones (excluding diaryl/α,β-unsaturated/α-hetero) is 1. The van der Waals surface area contributed by atoms with Gasteiger partial charge >= 0.3 is 0 Å². The quantitative estimate of drug-likeness (QED) is 0.615. The molecule has 0 amide bonds. The number of hydrogen-bond donors (Lipinski definition) is 1. The van der Waals surface area contributed by atoms with Crippen molar-refractivity contribution in [1.82, 2.24) is 5.32 Å². The zero-order valence-corrected chi connectivity index (χ0v) is 14.6. The van der Waals surface area contributed by atoms with Gasteiger partial charge in [-0.2, -0.15) is 0 Å². The summed E-state index contributed by atoms with van der Waals surface area (Å²) >= 11 is 5.52. The second-order valence-electron chi connectivity index (χ2n) is 6.11. The van der Waals surface area contributed by atoms with Gasteiger partial charge < -0.3 is 10.2 Å². The predicted octanol–water partition coefficient (Wildman–Crippen LogP) is 3.71. The second kappa shape index (κ2) is 8.32. The topological polar surface area (TPSA) is 32.3 Å². The molecule has 4 heteroatoms. The van der Waals surface area contributed by atoms with E-state index in [1.165, 1.54) is 22.5 Å². The highest BCUT2D eigenvalue weighted by molar-refractivity contribution is 6.27. The summed E-state index contributed by atoms with van der Waals surface area (Å²) in [5.41, 5.74) is 5.41. The van der Waals surface area contributed by atoms with Gasteiger partial charge in [-0.3, -0.25) is 4.79 Å². The number of carbonyl (C=O) groups excluding carboxylic acids is 1. The van der Waals surface area contributed by atoms with Gasteiger partial charge in [0.2, 0.25) is 0 Å². The van der Waals surface area contributed by atoms with E-state index >= 15 is 0 Å². The fraction of sp³-hybridized carbons (Fsp3) is 0.350. The van der Waals surface area contributed by atoms with Crippen LogP contribution in [-0.4, -0.2) is 31.3 Å². The highest BCUT2D eigenvalue weighted by Gasteiger charge is 2.19. The van der Waals surface area contributed by atoms with E-state index in [1.54, 1.807) is 0 Å². The van der Waals surface area contributed by atoms with Crippen molar-refractivity contribution >= 4 is 28.8 Å². The van der Waals surface area contributed by atoms with Crippen LogP contribution >= 0.6 is 11.6 Å². The van der Waals surface area contributed by atoms with Crippen LogP contribution in [0.15, 0.2) is 48.5 Å². The second-order valence-corrected chi connectivity index (χ2v) is 6.38. The van der Waals surface area contributed by atoms with Crippen molar-refractivity contribution in [2.45, 2.75) is 19.3 Å². The van der Waals surface area contributed by atoms with E-state index < -0.39 is 0 Å². The zero-order valence-electron chi connectivity index (χ0n) is 13.8. The highest BCUT2D eigenvalue weighted by atomic mass is 35.5. The number of halogens is 1. The average molecular weight is 343 g/mol. The maximum Gasteiger partial charge on any atom is 0.161 e. The SMILES string of the molecule is O=C(CCl)CNCCCN1c2ccccc2CCc2ccccc21. The number of anilines is 2. The number of fused-ring (bicyclic) bond motifs is 2. The Morgan fingerprint density at radius 2 is 1.58 bits per heavy atom. The third kappa shape index (κ3) is 3.97. The Kier molecular flexibility index (Phi) is 5.89. The summed E-state index contributed by atoms with van der Waals surface area (Å²) in [6.07, 6.45) is 3.12. The first kappa shape index (κ1) is 17.0. The number of nitrogens with zero attached hydrogens (tertiary/aromatic N) is 1. The predicted molar refractivity (Wildman–Crippen MR) is 101 cm³/mol. The number of benzene rings is 2. The molecule has 1 aliphatic rings. The van der Waals surface area contributed by atoms with Crippen LogP contribution < -0.4 is 10.2 Å². The van der Waals surface area contributed by atoms with Gasteiger partial charge in [0.1, 0.15) is 0 Å². The monoisotopic (exact) mass is 342 g/mol. The molecule has 2 aromatic rings. The van der Waals surface area contributed by atoms with Gasteiger partial charge in [0.15, 0.2) is 5.78 Å². The van der Waals surface area contributed by atoms with Crippen LogP contribution in [0.5, 0.6) is 0 Å². The Balaban J connectivity index is 1.72. The van der Waals surface area contributed by atoms with E-state index in [-0.39, 0.29) is 11.7 Å². The van der Waals surface area contributed by atoms with Gasteiger partial charge in [0, 0.05) is 17.9 Å². The van der Waals surface area contributed by atoms with Crippen molar-refractivity contribution in [3.05, 3.63) is 59.7 Å². The molecular formula is C20H23ClN2O. The molecule has 24 heavy (non-hydrogen) atoms. The van der Waals surface area contributed by atoms with Crippen molar-refractivity contribution in [2.75, 3.05) is 30.4 Å². The van der Waals surface area contributed by atoms with E-state index in [4.69, 9.17) is 11.6 Å². The zero-order chi connectivity index (χ0) is 16.8. The van der Waals surface area contributed by atoms with Crippen LogP contribution in [-0.2, 0) is 17.6 Å². The van der Waals surface area contributed by atoms with Crippen LogP contribution in [0.2, 0.25) is 0 Å². The molecule has 0 aromatic heterocycles. The number of rotatable bonds is 7. The summed E-state index contributed by atoms with van der Waals surface area (Å²) in [5.74, 6) is 0.127. The Bertz CT molecular complexity index is 654. The van der Waals surface area contributed by atoms with E-state index in [0.717, 1.165) is 32.4 Å². The van der Waals surface area contributed by atoms with Gasteiger partial charge in [0.05, 0.1) is 12.4 Å². The molecule has 0 spiro atoms. The van der Waals surface area contributed by atoms with Gasteiger partial charge in [-0.25, -0.2) is 0 Å². The normalized spacial score (nSPS) is 13.1. The van der Waals surface area contributed by atoms with Crippen LogP contribution in [0, 0.1) is 0 Å². The van der Waals surface area contributed by atoms with Crippen molar-refractivity contribution in [1.29, 1.82) is 0 Å². The van der Waals surface area contributed by atoms with Crippen LogP contribution in [0.1, 0.15) is 17.5 Å². The van der Waals surface area contributed by atoms with E-state index in [1.807, 2.05) is 0 Å².